The number of hydrogen-bond donors (Lipinski definition) is 1. The molecule has 0 spiro atoms. The molecule has 1 heterocycles. The summed E-state index contributed by atoms with van der Waals surface area (Å²) in [7, 11) is 0. The average molecular weight is 286 g/mol. The van der Waals surface area contributed by atoms with Gasteiger partial charge in [0.1, 0.15) is 5.84 Å². The van der Waals surface area contributed by atoms with E-state index in [1.54, 1.807) is 0 Å². The van der Waals surface area contributed by atoms with Crippen LogP contribution in [0.1, 0.15) is 5.56 Å². The second kappa shape index (κ2) is 4.09. The van der Waals surface area contributed by atoms with Gasteiger partial charge in [-0.05, 0) is 0 Å². The minimum absolute atomic E-state index is 0.524. The normalized spacial score (nSPS) is 21.0. The fraction of sp³-hybridized carbons (Fsp3) is 0.300. The summed E-state index contributed by atoms with van der Waals surface area (Å²) < 4.78 is 1.11. The number of alkyl halides is 1. The van der Waals surface area contributed by atoms with Crippen LogP contribution in [0.4, 0.5) is 0 Å². The number of amidine groups is 1. The lowest BCUT2D eigenvalue weighted by atomic mass is 10.2. The van der Waals surface area contributed by atoms with Gasteiger partial charge in [0.25, 0.3) is 0 Å². The van der Waals surface area contributed by atoms with Crippen molar-refractivity contribution in [2.24, 2.45) is 4.99 Å². The minimum Gasteiger partial charge on any atom is -0.365 e. The molecule has 1 atom stereocenters. The maximum Gasteiger partial charge on any atom is 0.128 e. The van der Waals surface area contributed by atoms with Gasteiger partial charge < -0.3 is 5.32 Å². The van der Waals surface area contributed by atoms with Gasteiger partial charge in [-0.25, -0.2) is 0 Å². The molecule has 13 heavy (non-hydrogen) atoms. The minimum atomic E-state index is 0.524. The highest BCUT2D eigenvalue weighted by molar-refractivity contribution is 14.1. The maximum absolute atomic E-state index is 4.46. The summed E-state index contributed by atoms with van der Waals surface area (Å²) in [5, 5.41) is 3.40. The molecule has 1 aliphatic rings. The molecule has 0 saturated carbocycles. The molecular weight excluding hydrogens is 275 g/mol. The zero-order valence-corrected chi connectivity index (χ0v) is 9.36. The molecule has 0 aromatic heterocycles. The van der Waals surface area contributed by atoms with E-state index in [0.717, 1.165) is 16.8 Å². The molecule has 2 rings (SSSR count). The molecule has 1 aromatic rings. The lowest BCUT2D eigenvalue weighted by Gasteiger charge is -2.07. The lowest BCUT2D eigenvalue weighted by Crippen LogP contribution is -2.31. The number of halogens is 1. The third-order valence-corrected chi connectivity index (χ3v) is 3.11. The average Bonchev–Trinajstić information content (AvgIpc) is 2.67. The predicted octanol–water partition coefficient (Wildman–Crippen LogP) is 1.84. The molecular formula is C10H11IN2. The van der Waals surface area contributed by atoms with Crippen LogP contribution in [0.3, 0.4) is 0 Å². The third-order valence-electron chi connectivity index (χ3n) is 2.04. The second-order valence-corrected chi connectivity index (χ2v) is 3.93. The predicted molar refractivity (Wildman–Crippen MR) is 63.7 cm³/mol. The smallest absolute Gasteiger partial charge is 0.128 e. The summed E-state index contributed by atoms with van der Waals surface area (Å²) in [6.45, 7) is 0.910. The largest absolute Gasteiger partial charge is 0.365 e. The molecule has 2 nitrogen and oxygen atoms in total. The van der Waals surface area contributed by atoms with Gasteiger partial charge in [-0.2, -0.15) is 0 Å². The molecule has 1 aromatic carbocycles. The van der Waals surface area contributed by atoms with E-state index < -0.39 is 0 Å². The Labute approximate surface area is 91.6 Å². The van der Waals surface area contributed by atoms with E-state index in [9.17, 15) is 0 Å². The number of nitrogens with zero attached hydrogens (tertiary/aromatic N) is 1. The number of benzene rings is 1. The Bertz CT molecular complexity index is 308. The monoisotopic (exact) mass is 286 g/mol. The van der Waals surface area contributed by atoms with Crippen LogP contribution in [0, 0.1) is 0 Å². The second-order valence-electron chi connectivity index (χ2n) is 3.05. The molecule has 0 aliphatic carbocycles. The van der Waals surface area contributed by atoms with E-state index in [0.29, 0.717) is 6.04 Å². The van der Waals surface area contributed by atoms with E-state index in [4.69, 9.17) is 0 Å². The van der Waals surface area contributed by atoms with Crippen molar-refractivity contribution < 1.29 is 0 Å². The molecule has 1 aliphatic heterocycles. The standard InChI is InChI=1S/C10H11IN2/c11-6-9-7-12-10(13-9)8-4-2-1-3-5-8/h1-5,9H,6-7H2,(H,12,13). The van der Waals surface area contributed by atoms with Crippen molar-refractivity contribution in [2.75, 3.05) is 11.0 Å². The van der Waals surface area contributed by atoms with Crippen LogP contribution in [0.25, 0.3) is 0 Å². The molecule has 0 radical (unpaired) electrons. The highest BCUT2D eigenvalue weighted by Gasteiger charge is 2.16. The van der Waals surface area contributed by atoms with Crippen molar-refractivity contribution in [1.82, 2.24) is 5.32 Å². The van der Waals surface area contributed by atoms with Crippen LogP contribution in [0.5, 0.6) is 0 Å². The van der Waals surface area contributed by atoms with Crippen LogP contribution in [-0.4, -0.2) is 22.8 Å². The summed E-state index contributed by atoms with van der Waals surface area (Å²) >= 11 is 2.38. The van der Waals surface area contributed by atoms with Crippen molar-refractivity contribution in [3.8, 4) is 0 Å². The topological polar surface area (TPSA) is 24.4 Å². The number of hydrogen-bond acceptors (Lipinski definition) is 2. The summed E-state index contributed by atoms with van der Waals surface area (Å²) in [4.78, 5) is 4.46. The van der Waals surface area contributed by atoms with Gasteiger partial charge in [-0.15, -0.1) is 0 Å². The fourth-order valence-electron chi connectivity index (χ4n) is 1.34. The maximum atomic E-state index is 4.46. The van der Waals surface area contributed by atoms with Crippen molar-refractivity contribution in [2.45, 2.75) is 6.04 Å². The van der Waals surface area contributed by atoms with Crippen molar-refractivity contribution in [3.63, 3.8) is 0 Å². The van der Waals surface area contributed by atoms with Crippen LogP contribution >= 0.6 is 22.6 Å². The van der Waals surface area contributed by atoms with Crippen LogP contribution < -0.4 is 5.32 Å². The first-order chi connectivity index (χ1) is 6.40. The highest BCUT2D eigenvalue weighted by Crippen LogP contribution is 2.07. The Morgan fingerprint density at radius 2 is 2.15 bits per heavy atom. The quantitative estimate of drug-likeness (QED) is 0.651. The molecule has 3 heteroatoms. The first-order valence-corrected chi connectivity index (χ1v) is 5.85. The van der Waals surface area contributed by atoms with Gasteiger partial charge in [0.15, 0.2) is 0 Å². The zero-order chi connectivity index (χ0) is 9.10. The Morgan fingerprint density at radius 1 is 1.38 bits per heavy atom. The Morgan fingerprint density at radius 3 is 2.77 bits per heavy atom. The Kier molecular flexibility index (Phi) is 2.83. The highest BCUT2D eigenvalue weighted by atomic mass is 127. The van der Waals surface area contributed by atoms with Gasteiger partial charge in [0, 0.05) is 9.99 Å². The number of nitrogens with one attached hydrogen (secondary N) is 1. The van der Waals surface area contributed by atoms with Crippen molar-refractivity contribution >= 4 is 28.4 Å². The van der Waals surface area contributed by atoms with E-state index in [1.165, 1.54) is 5.56 Å². The van der Waals surface area contributed by atoms with E-state index in [2.05, 4.69) is 45.0 Å². The van der Waals surface area contributed by atoms with Crippen molar-refractivity contribution in [1.29, 1.82) is 0 Å². The van der Waals surface area contributed by atoms with Gasteiger partial charge in [0.2, 0.25) is 0 Å². The summed E-state index contributed by atoms with van der Waals surface area (Å²) in [5.41, 5.74) is 1.19. The van der Waals surface area contributed by atoms with Crippen LogP contribution in [-0.2, 0) is 0 Å². The fourth-order valence-corrected chi connectivity index (χ4v) is 1.84. The number of aliphatic imine (C=N–C) groups is 1. The molecule has 0 bridgehead atoms. The summed E-state index contributed by atoms with van der Waals surface area (Å²) in [6, 6.07) is 10.8. The molecule has 0 amide bonds. The van der Waals surface area contributed by atoms with E-state index in [-0.39, 0.29) is 0 Å². The van der Waals surface area contributed by atoms with Crippen LogP contribution in [0.2, 0.25) is 0 Å². The zero-order valence-electron chi connectivity index (χ0n) is 7.20. The summed E-state index contributed by atoms with van der Waals surface area (Å²) in [5.74, 6) is 1.04. The molecule has 0 fully saturated rings. The van der Waals surface area contributed by atoms with E-state index in [1.807, 2.05) is 18.2 Å². The number of rotatable bonds is 2. The van der Waals surface area contributed by atoms with Gasteiger partial charge in [0.05, 0.1) is 12.6 Å². The molecule has 0 saturated heterocycles. The van der Waals surface area contributed by atoms with Gasteiger partial charge in [-0.3, -0.25) is 4.99 Å². The van der Waals surface area contributed by atoms with Gasteiger partial charge in [-0.1, -0.05) is 52.9 Å². The van der Waals surface area contributed by atoms with E-state index >= 15 is 0 Å². The molecule has 1 unspecified atom stereocenters. The van der Waals surface area contributed by atoms with Crippen LogP contribution in [0.15, 0.2) is 35.3 Å². The summed E-state index contributed by atoms with van der Waals surface area (Å²) in [6.07, 6.45) is 0. The first kappa shape index (κ1) is 8.99. The Hall–Kier alpha value is -0.580. The molecule has 1 N–H and O–H groups in total. The Balaban J connectivity index is 2.12. The van der Waals surface area contributed by atoms with Crippen molar-refractivity contribution in [3.05, 3.63) is 35.9 Å². The SMILES string of the molecule is ICC1CN=C(c2ccccc2)N1. The molecule has 68 valence electrons. The lowest BCUT2D eigenvalue weighted by molar-refractivity contribution is 0.746. The van der Waals surface area contributed by atoms with Gasteiger partial charge >= 0.3 is 0 Å². The third kappa shape index (κ3) is 2.02. The first-order valence-electron chi connectivity index (χ1n) is 4.32.